The van der Waals surface area contributed by atoms with Crippen molar-refractivity contribution < 1.29 is 9.50 Å². The van der Waals surface area contributed by atoms with E-state index in [4.69, 9.17) is 0 Å². The van der Waals surface area contributed by atoms with Crippen molar-refractivity contribution in [3.8, 4) is 0 Å². The van der Waals surface area contributed by atoms with Crippen LogP contribution in [0, 0.1) is 5.82 Å². The number of benzene rings is 1. The Bertz CT molecular complexity index is 458. The topological polar surface area (TPSA) is 23.5 Å². The third kappa shape index (κ3) is 3.23. The summed E-state index contributed by atoms with van der Waals surface area (Å²) in [6.45, 7) is 0. The van der Waals surface area contributed by atoms with Crippen LogP contribution in [0.2, 0.25) is 0 Å². The third-order valence-corrected chi connectivity index (χ3v) is 5.40. The van der Waals surface area contributed by atoms with Crippen molar-refractivity contribution in [3.63, 3.8) is 0 Å². The van der Waals surface area contributed by atoms with Gasteiger partial charge in [0.15, 0.2) is 0 Å². The van der Waals surface area contributed by atoms with Gasteiger partial charge in [-0.25, -0.2) is 4.39 Å². The summed E-state index contributed by atoms with van der Waals surface area (Å²) in [5.41, 5.74) is 0.817. The summed E-state index contributed by atoms with van der Waals surface area (Å²) < 4.78 is 13.9. The molecule has 0 spiro atoms. The monoisotopic (exact) mass is 343 g/mol. The van der Waals surface area contributed by atoms with Gasteiger partial charge in [0.2, 0.25) is 0 Å². The number of hydrogen-bond acceptors (Lipinski definition) is 2. The van der Waals surface area contributed by atoms with Crippen LogP contribution in [0.4, 0.5) is 4.39 Å². The highest BCUT2D eigenvalue weighted by Gasteiger charge is 2.40. The predicted octanol–water partition coefficient (Wildman–Crippen LogP) is 3.76. The van der Waals surface area contributed by atoms with Crippen molar-refractivity contribution in [2.75, 3.05) is 14.1 Å². The first kappa shape index (κ1) is 15.9. The molecule has 0 radical (unpaired) electrons. The standard InChI is InChI=1S/C16H23BrFNO/c1-19(2)16(8-4-3-5-9-16)15(20)10-12-6-7-13(18)11-14(12)17/h6-7,11,15,20H,3-5,8-10H2,1-2H3. The molecule has 1 atom stereocenters. The molecule has 1 N–H and O–H groups in total. The summed E-state index contributed by atoms with van der Waals surface area (Å²) in [4.78, 5) is 2.17. The SMILES string of the molecule is CN(C)C1(C(O)Cc2ccc(F)cc2Br)CCCCC1. The summed E-state index contributed by atoms with van der Waals surface area (Å²) in [5.74, 6) is -0.255. The lowest BCUT2D eigenvalue weighted by molar-refractivity contribution is -0.0311. The highest BCUT2D eigenvalue weighted by Crippen LogP contribution is 2.37. The molecule has 0 saturated heterocycles. The molecule has 4 heteroatoms. The van der Waals surface area contributed by atoms with Crippen LogP contribution in [0.1, 0.15) is 37.7 Å². The molecular formula is C16H23BrFNO. The second-order valence-electron chi connectivity index (χ2n) is 6.01. The molecule has 112 valence electrons. The van der Waals surface area contributed by atoms with Gasteiger partial charge in [0.1, 0.15) is 5.82 Å². The molecule has 1 aliphatic rings. The number of rotatable bonds is 4. The van der Waals surface area contributed by atoms with Gasteiger partial charge >= 0.3 is 0 Å². The lowest BCUT2D eigenvalue weighted by Gasteiger charge is -2.46. The Hall–Kier alpha value is -0.450. The molecule has 2 nitrogen and oxygen atoms in total. The summed E-state index contributed by atoms with van der Waals surface area (Å²) in [5, 5.41) is 10.8. The smallest absolute Gasteiger partial charge is 0.124 e. The largest absolute Gasteiger partial charge is 0.391 e. The average molecular weight is 344 g/mol. The van der Waals surface area contributed by atoms with Crippen LogP contribution in [0.5, 0.6) is 0 Å². The van der Waals surface area contributed by atoms with E-state index < -0.39 is 6.10 Å². The molecule has 1 unspecified atom stereocenters. The molecule has 1 aliphatic carbocycles. The maximum atomic E-state index is 13.1. The van der Waals surface area contributed by atoms with Gasteiger partial charge in [-0.05, 0) is 44.6 Å². The maximum absolute atomic E-state index is 13.1. The number of halogens is 2. The minimum absolute atomic E-state index is 0.147. The molecule has 0 aromatic heterocycles. The van der Waals surface area contributed by atoms with Gasteiger partial charge in [-0.1, -0.05) is 41.3 Å². The van der Waals surface area contributed by atoms with Gasteiger partial charge in [0.05, 0.1) is 6.10 Å². The van der Waals surface area contributed by atoms with Crippen molar-refractivity contribution in [2.45, 2.75) is 50.2 Å². The average Bonchev–Trinajstić information content (AvgIpc) is 2.42. The summed E-state index contributed by atoms with van der Waals surface area (Å²) in [7, 11) is 4.10. The van der Waals surface area contributed by atoms with Crippen molar-refractivity contribution in [1.82, 2.24) is 4.90 Å². The number of hydrogen-bond donors (Lipinski definition) is 1. The molecule has 0 aliphatic heterocycles. The van der Waals surface area contributed by atoms with Crippen LogP contribution in [-0.4, -0.2) is 35.7 Å². The zero-order valence-electron chi connectivity index (χ0n) is 12.2. The second kappa shape index (κ2) is 6.54. The van der Waals surface area contributed by atoms with Crippen LogP contribution in [0.25, 0.3) is 0 Å². The normalized spacial score (nSPS) is 20.1. The van der Waals surface area contributed by atoms with E-state index in [1.54, 1.807) is 6.07 Å². The Balaban J connectivity index is 2.18. The molecule has 1 fully saturated rings. The number of likely N-dealkylation sites (N-methyl/N-ethyl adjacent to an activating group) is 1. The molecule has 0 bridgehead atoms. The quantitative estimate of drug-likeness (QED) is 0.899. The maximum Gasteiger partial charge on any atom is 0.124 e. The van der Waals surface area contributed by atoms with Crippen molar-refractivity contribution in [3.05, 3.63) is 34.1 Å². The first-order chi connectivity index (χ1) is 9.45. The Morgan fingerprint density at radius 1 is 1.30 bits per heavy atom. The van der Waals surface area contributed by atoms with Gasteiger partial charge in [0.25, 0.3) is 0 Å². The fourth-order valence-electron chi connectivity index (χ4n) is 3.33. The van der Waals surface area contributed by atoms with Gasteiger partial charge in [-0.2, -0.15) is 0 Å². The molecule has 0 heterocycles. The second-order valence-corrected chi connectivity index (χ2v) is 6.87. The highest BCUT2D eigenvalue weighted by atomic mass is 79.9. The Kier molecular flexibility index (Phi) is 5.21. The predicted molar refractivity (Wildman–Crippen MR) is 83.3 cm³/mol. The van der Waals surface area contributed by atoms with E-state index in [2.05, 4.69) is 20.8 Å². The van der Waals surface area contributed by atoms with E-state index >= 15 is 0 Å². The van der Waals surface area contributed by atoms with Gasteiger partial charge < -0.3 is 10.0 Å². The van der Waals surface area contributed by atoms with Crippen molar-refractivity contribution >= 4 is 15.9 Å². The van der Waals surface area contributed by atoms with Crippen LogP contribution in [-0.2, 0) is 6.42 Å². The zero-order chi connectivity index (χ0) is 14.8. The zero-order valence-corrected chi connectivity index (χ0v) is 13.8. The van der Waals surface area contributed by atoms with Crippen molar-refractivity contribution in [2.24, 2.45) is 0 Å². The fourth-order valence-corrected chi connectivity index (χ4v) is 3.84. The Labute approximate surface area is 129 Å². The van der Waals surface area contributed by atoms with E-state index in [1.807, 2.05) is 14.1 Å². The summed E-state index contributed by atoms with van der Waals surface area (Å²) >= 11 is 3.39. The van der Waals surface area contributed by atoms with Gasteiger partial charge in [0, 0.05) is 16.4 Å². The Morgan fingerprint density at radius 3 is 2.50 bits per heavy atom. The van der Waals surface area contributed by atoms with Crippen LogP contribution >= 0.6 is 15.9 Å². The van der Waals surface area contributed by atoms with Crippen LogP contribution in [0.15, 0.2) is 22.7 Å². The van der Waals surface area contributed by atoms with E-state index in [9.17, 15) is 9.50 Å². The van der Waals surface area contributed by atoms with E-state index in [0.29, 0.717) is 6.42 Å². The Morgan fingerprint density at radius 2 is 1.95 bits per heavy atom. The van der Waals surface area contributed by atoms with Gasteiger partial charge in [-0.15, -0.1) is 0 Å². The van der Waals surface area contributed by atoms with Gasteiger partial charge in [-0.3, -0.25) is 0 Å². The number of aliphatic hydroxyl groups excluding tert-OH is 1. The minimum atomic E-state index is -0.431. The lowest BCUT2D eigenvalue weighted by atomic mass is 9.75. The first-order valence-corrected chi connectivity index (χ1v) is 8.04. The van der Waals surface area contributed by atoms with E-state index in [1.165, 1.54) is 31.4 Å². The summed E-state index contributed by atoms with van der Waals surface area (Å²) in [6, 6.07) is 4.68. The summed E-state index contributed by atoms with van der Waals surface area (Å²) in [6.07, 6.45) is 5.76. The van der Waals surface area contributed by atoms with Crippen molar-refractivity contribution in [1.29, 1.82) is 0 Å². The molecule has 0 amide bonds. The number of aliphatic hydroxyl groups is 1. The molecular weight excluding hydrogens is 321 g/mol. The lowest BCUT2D eigenvalue weighted by Crippen LogP contribution is -2.55. The minimum Gasteiger partial charge on any atom is -0.391 e. The molecule has 20 heavy (non-hydrogen) atoms. The van der Waals surface area contributed by atoms with E-state index in [0.717, 1.165) is 22.9 Å². The molecule has 1 saturated carbocycles. The number of nitrogens with zero attached hydrogens (tertiary/aromatic N) is 1. The van der Waals surface area contributed by atoms with Crippen LogP contribution < -0.4 is 0 Å². The fraction of sp³-hybridized carbons (Fsp3) is 0.625. The first-order valence-electron chi connectivity index (χ1n) is 7.25. The van der Waals surface area contributed by atoms with Crippen LogP contribution in [0.3, 0.4) is 0 Å². The highest BCUT2D eigenvalue weighted by molar-refractivity contribution is 9.10. The molecule has 1 aromatic carbocycles. The van der Waals surface area contributed by atoms with E-state index in [-0.39, 0.29) is 11.4 Å². The third-order valence-electron chi connectivity index (χ3n) is 4.66. The molecule has 2 rings (SSSR count). The molecule has 1 aromatic rings.